The minimum absolute atomic E-state index is 0.153. The third kappa shape index (κ3) is 2.53. The number of nitrogens with one attached hydrogen (secondary N) is 1. The predicted octanol–water partition coefficient (Wildman–Crippen LogP) is 1.82. The van der Waals surface area contributed by atoms with Gasteiger partial charge in [-0.25, -0.2) is 0 Å². The van der Waals surface area contributed by atoms with Crippen molar-refractivity contribution in [2.45, 2.75) is 19.9 Å². The molecule has 0 amide bonds. The smallest absolute Gasteiger partial charge is 0.0798 e. The number of hydrogen-bond acceptors (Lipinski definition) is 3. The normalized spacial score (nSPS) is 12.6. The molecule has 4 heteroatoms. The van der Waals surface area contributed by atoms with Gasteiger partial charge in [0.15, 0.2) is 0 Å². The zero-order chi connectivity index (χ0) is 12.3. The topological polar surface area (TPSA) is 42.7 Å². The highest BCUT2D eigenvalue weighted by Gasteiger charge is 2.16. The monoisotopic (exact) mass is 230 g/mol. The molecule has 90 valence electrons. The summed E-state index contributed by atoms with van der Waals surface area (Å²) in [4.78, 5) is 0. The number of aromatic nitrogens is 3. The molecule has 17 heavy (non-hydrogen) atoms. The van der Waals surface area contributed by atoms with Gasteiger partial charge < -0.3 is 5.32 Å². The van der Waals surface area contributed by atoms with Gasteiger partial charge in [-0.1, -0.05) is 42.0 Å². The Kier molecular flexibility index (Phi) is 3.54. The van der Waals surface area contributed by atoms with Crippen molar-refractivity contribution < 1.29 is 0 Å². The summed E-state index contributed by atoms with van der Waals surface area (Å²) in [5.41, 5.74) is 3.59. The van der Waals surface area contributed by atoms with E-state index in [0.29, 0.717) is 0 Å². The lowest BCUT2D eigenvalue weighted by atomic mass is 10.0. The fourth-order valence-corrected chi connectivity index (χ4v) is 1.92. The summed E-state index contributed by atoms with van der Waals surface area (Å²) in [5.74, 6) is 0. The highest BCUT2D eigenvalue weighted by molar-refractivity contribution is 5.29. The van der Waals surface area contributed by atoms with Crippen LogP contribution in [0.3, 0.4) is 0 Å². The highest BCUT2D eigenvalue weighted by Crippen LogP contribution is 2.20. The van der Waals surface area contributed by atoms with Crippen LogP contribution in [0, 0.1) is 6.92 Å². The maximum atomic E-state index is 3.99. The Morgan fingerprint density at radius 3 is 2.53 bits per heavy atom. The van der Waals surface area contributed by atoms with Crippen molar-refractivity contribution in [2.24, 2.45) is 7.05 Å². The number of aryl methyl sites for hydroxylation is 2. The minimum Gasteiger partial charge on any atom is -0.305 e. The Balaban J connectivity index is 2.35. The molecule has 0 spiro atoms. The van der Waals surface area contributed by atoms with Gasteiger partial charge in [-0.2, -0.15) is 0 Å². The molecule has 1 atom stereocenters. The van der Waals surface area contributed by atoms with Crippen molar-refractivity contribution >= 4 is 0 Å². The lowest BCUT2D eigenvalue weighted by Crippen LogP contribution is -2.24. The summed E-state index contributed by atoms with van der Waals surface area (Å²) >= 11 is 0. The largest absolute Gasteiger partial charge is 0.305 e. The van der Waals surface area contributed by atoms with Gasteiger partial charge in [-0.05, 0) is 19.0 Å². The lowest BCUT2D eigenvalue weighted by molar-refractivity contribution is 0.568. The SMILES string of the molecule is CCNC(c1ccc(C)cc1)c1cnnn1C. The molecule has 0 saturated carbocycles. The molecule has 0 saturated heterocycles. The molecule has 1 aromatic carbocycles. The standard InChI is InChI=1S/C13H18N4/c1-4-14-13(12-9-15-16-17(12)3)11-7-5-10(2)6-8-11/h5-9,13-14H,4H2,1-3H3. The first kappa shape index (κ1) is 11.8. The quantitative estimate of drug-likeness (QED) is 0.871. The van der Waals surface area contributed by atoms with E-state index in [9.17, 15) is 0 Å². The van der Waals surface area contributed by atoms with Crippen LogP contribution < -0.4 is 5.32 Å². The summed E-state index contributed by atoms with van der Waals surface area (Å²) in [6, 6.07) is 8.71. The summed E-state index contributed by atoms with van der Waals surface area (Å²) in [5, 5.41) is 11.4. The van der Waals surface area contributed by atoms with E-state index in [0.717, 1.165) is 12.2 Å². The molecule has 0 bridgehead atoms. The fourth-order valence-electron chi connectivity index (χ4n) is 1.92. The van der Waals surface area contributed by atoms with Gasteiger partial charge in [0.1, 0.15) is 0 Å². The molecule has 0 fully saturated rings. The van der Waals surface area contributed by atoms with Gasteiger partial charge in [-0.3, -0.25) is 4.68 Å². The molecule has 0 aliphatic rings. The van der Waals surface area contributed by atoms with Gasteiger partial charge in [0.2, 0.25) is 0 Å². The van der Waals surface area contributed by atoms with Crippen molar-refractivity contribution in [3.05, 3.63) is 47.3 Å². The maximum Gasteiger partial charge on any atom is 0.0798 e. The lowest BCUT2D eigenvalue weighted by Gasteiger charge is -2.18. The van der Waals surface area contributed by atoms with E-state index in [-0.39, 0.29) is 6.04 Å². The van der Waals surface area contributed by atoms with Crippen molar-refractivity contribution in [3.63, 3.8) is 0 Å². The van der Waals surface area contributed by atoms with Crippen LogP contribution in [0.1, 0.15) is 29.8 Å². The first-order valence-electron chi connectivity index (χ1n) is 5.87. The van der Waals surface area contributed by atoms with Gasteiger partial charge in [-0.15, -0.1) is 5.10 Å². The predicted molar refractivity (Wildman–Crippen MR) is 67.7 cm³/mol. The Labute approximate surface area is 102 Å². The third-order valence-corrected chi connectivity index (χ3v) is 2.86. The molecule has 2 aromatic rings. The molecule has 0 radical (unpaired) electrons. The first-order chi connectivity index (χ1) is 8.22. The van der Waals surface area contributed by atoms with Crippen LogP contribution in [-0.2, 0) is 7.05 Å². The van der Waals surface area contributed by atoms with Crippen LogP contribution in [0.5, 0.6) is 0 Å². The van der Waals surface area contributed by atoms with Crippen LogP contribution in [0.4, 0.5) is 0 Å². The number of hydrogen-bond donors (Lipinski definition) is 1. The first-order valence-corrected chi connectivity index (χ1v) is 5.87. The molecule has 1 heterocycles. The molecular weight excluding hydrogens is 212 g/mol. The van der Waals surface area contributed by atoms with Crippen molar-refractivity contribution in [3.8, 4) is 0 Å². The zero-order valence-corrected chi connectivity index (χ0v) is 10.5. The molecule has 4 nitrogen and oxygen atoms in total. The molecule has 1 N–H and O–H groups in total. The second-order valence-corrected chi connectivity index (χ2v) is 4.18. The van der Waals surface area contributed by atoms with E-state index in [4.69, 9.17) is 0 Å². The van der Waals surface area contributed by atoms with Gasteiger partial charge in [0.25, 0.3) is 0 Å². The molecular formula is C13H18N4. The Morgan fingerprint density at radius 1 is 1.29 bits per heavy atom. The summed E-state index contributed by atoms with van der Waals surface area (Å²) < 4.78 is 1.81. The van der Waals surface area contributed by atoms with Crippen LogP contribution in [0.25, 0.3) is 0 Å². The second-order valence-electron chi connectivity index (χ2n) is 4.18. The van der Waals surface area contributed by atoms with E-state index < -0.39 is 0 Å². The fraction of sp³-hybridized carbons (Fsp3) is 0.385. The average molecular weight is 230 g/mol. The van der Waals surface area contributed by atoms with Crippen LogP contribution in [-0.4, -0.2) is 21.5 Å². The van der Waals surface area contributed by atoms with E-state index in [1.807, 2.05) is 17.9 Å². The van der Waals surface area contributed by atoms with E-state index in [1.165, 1.54) is 11.1 Å². The van der Waals surface area contributed by atoms with Crippen LogP contribution >= 0.6 is 0 Å². The van der Waals surface area contributed by atoms with Crippen LogP contribution in [0.15, 0.2) is 30.5 Å². The number of rotatable bonds is 4. The Bertz CT molecular complexity index is 472. The van der Waals surface area contributed by atoms with Gasteiger partial charge >= 0.3 is 0 Å². The zero-order valence-electron chi connectivity index (χ0n) is 10.5. The van der Waals surface area contributed by atoms with E-state index in [1.54, 1.807) is 0 Å². The van der Waals surface area contributed by atoms with Crippen molar-refractivity contribution in [1.82, 2.24) is 20.3 Å². The Morgan fingerprint density at radius 2 is 2.00 bits per heavy atom. The van der Waals surface area contributed by atoms with Crippen molar-refractivity contribution in [2.75, 3.05) is 6.54 Å². The summed E-state index contributed by atoms with van der Waals surface area (Å²) in [6.45, 7) is 5.10. The highest BCUT2D eigenvalue weighted by atomic mass is 15.4. The Hall–Kier alpha value is -1.68. The summed E-state index contributed by atoms with van der Waals surface area (Å²) in [6.07, 6.45) is 1.81. The second kappa shape index (κ2) is 5.10. The average Bonchev–Trinajstić information content (AvgIpc) is 2.74. The molecule has 0 aliphatic carbocycles. The van der Waals surface area contributed by atoms with E-state index in [2.05, 4.69) is 53.7 Å². The molecule has 1 unspecified atom stereocenters. The number of benzene rings is 1. The van der Waals surface area contributed by atoms with Gasteiger partial charge in [0, 0.05) is 7.05 Å². The van der Waals surface area contributed by atoms with Crippen LogP contribution in [0.2, 0.25) is 0 Å². The van der Waals surface area contributed by atoms with Gasteiger partial charge in [0.05, 0.1) is 17.9 Å². The maximum absolute atomic E-state index is 3.99. The summed E-state index contributed by atoms with van der Waals surface area (Å²) in [7, 11) is 1.92. The molecule has 0 aliphatic heterocycles. The third-order valence-electron chi connectivity index (χ3n) is 2.86. The van der Waals surface area contributed by atoms with Crippen molar-refractivity contribution in [1.29, 1.82) is 0 Å². The number of nitrogens with zero attached hydrogens (tertiary/aromatic N) is 3. The molecule has 2 rings (SSSR count). The minimum atomic E-state index is 0.153. The molecule has 1 aromatic heterocycles. The van der Waals surface area contributed by atoms with E-state index >= 15 is 0 Å².